The highest BCUT2D eigenvalue weighted by Gasteiger charge is 2.07. The van der Waals surface area contributed by atoms with Crippen molar-refractivity contribution in [1.29, 1.82) is 0 Å². The maximum atomic E-state index is 4.72. The van der Waals surface area contributed by atoms with Crippen LogP contribution in [0.5, 0.6) is 0 Å². The van der Waals surface area contributed by atoms with E-state index in [1.807, 2.05) is 0 Å². The van der Waals surface area contributed by atoms with Gasteiger partial charge in [-0.3, -0.25) is 0 Å². The SMILES string of the molecule is CCCCN(CCC)c1conn1. The molecule has 13 heavy (non-hydrogen) atoms. The van der Waals surface area contributed by atoms with E-state index in [9.17, 15) is 0 Å². The highest BCUT2D eigenvalue weighted by Crippen LogP contribution is 2.10. The minimum Gasteiger partial charge on any atom is -0.352 e. The summed E-state index contributed by atoms with van der Waals surface area (Å²) in [5.41, 5.74) is 0. The van der Waals surface area contributed by atoms with Crippen LogP contribution in [0.4, 0.5) is 5.82 Å². The first-order valence-electron chi connectivity index (χ1n) is 4.90. The zero-order chi connectivity index (χ0) is 9.52. The van der Waals surface area contributed by atoms with Gasteiger partial charge in [0.15, 0.2) is 12.1 Å². The van der Waals surface area contributed by atoms with Crippen LogP contribution in [0.3, 0.4) is 0 Å². The van der Waals surface area contributed by atoms with E-state index in [1.54, 1.807) is 6.26 Å². The van der Waals surface area contributed by atoms with Gasteiger partial charge < -0.3 is 9.42 Å². The molecule has 0 aromatic carbocycles. The number of anilines is 1. The minimum atomic E-state index is 0.857. The number of rotatable bonds is 6. The zero-order valence-electron chi connectivity index (χ0n) is 8.36. The Kier molecular flexibility index (Phi) is 4.29. The molecule has 4 nitrogen and oxygen atoms in total. The van der Waals surface area contributed by atoms with E-state index in [0.29, 0.717) is 0 Å². The van der Waals surface area contributed by atoms with Gasteiger partial charge in [0.25, 0.3) is 0 Å². The normalized spacial score (nSPS) is 10.3. The smallest absolute Gasteiger partial charge is 0.192 e. The van der Waals surface area contributed by atoms with Crippen molar-refractivity contribution in [3.05, 3.63) is 6.26 Å². The molecule has 0 unspecified atom stereocenters. The van der Waals surface area contributed by atoms with Gasteiger partial charge in [-0.2, -0.15) is 0 Å². The van der Waals surface area contributed by atoms with E-state index in [4.69, 9.17) is 4.52 Å². The molecule has 1 heterocycles. The lowest BCUT2D eigenvalue weighted by atomic mass is 10.3. The lowest BCUT2D eigenvalue weighted by molar-refractivity contribution is 0.393. The highest BCUT2D eigenvalue weighted by atomic mass is 16.5. The van der Waals surface area contributed by atoms with E-state index in [2.05, 4.69) is 29.1 Å². The van der Waals surface area contributed by atoms with Crippen molar-refractivity contribution in [3.63, 3.8) is 0 Å². The molecule has 0 aliphatic heterocycles. The average Bonchev–Trinajstić information content (AvgIpc) is 2.65. The molecule has 1 aromatic rings. The third-order valence-corrected chi connectivity index (χ3v) is 1.95. The molecule has 0 saturated carbocycles. The summed E-state index contributed by atoms with van der Waals surface area (Å²) in [5.74, 6) is 0.857. The van der Waals surface area contributed by atoms with Crippen molar-refractivity contribution in [3.8, 4) is 0 Å². The summed E-state index contributed by atoms with van der Waals surface area (Å²) >= 11 is 0. The molecule has 0 amide bonds. The molecule has 0 spiro atoms. The predicted octanol–water partition coefficient (Wildman–Crippen LogP) is 2.09. The molecule has 1 rings (SSSR count). The van der Waals surface area contributed by atoms with E-state index < -0.39 is 0 Å². The van der Waals surface area contributed by atoms with Gasteiger partial charge in [0.1, 0.15) is 0 Å². The number of hydrogen-bond donors (Lipinski definition) is 0. The summed E-state index contributed by atoms with van der Waals surface area (Å²) < 4.78 is 4.72. The summed E-state index contributed by atoms with van der Waals surface area (Å²) in [5, 5.41) is 7.36. The Labute approximate surface area is 78.9 Å². The zero-order valence-corrected chi connectivity index (χ0v) is 8.36. The van der Waals surface area contributed by atoms with Gasteiger partial charge in [0.2, 0.25) is 0 Å². The van der Waals surface area contributed by atoms with Crippen LogP contribution in [0.2, 0.25) is 0 Å². The number of hydrogen-bond acceptors (Lipinski definition) is 4. The van der Waals surface area contributed by atoms with Crippen LogP contribution in [0.15, 0.2) is 10.8 Å². The number of unbranched alkanes of at least 4 members (excludes halogenated alkanes) is 1. The summed E-state index contributed by atoms with van der Waals surface area (Å²) in [6, 6.07) is 0. The number of nitrogens with zero attached hydrogens (tertiary/aromatic N) is 3. The Morgan fingerprint density at radius 2 is 2.15 bits per heavy atom. The summed E-state index contributed by atoms with van der Waals surface area (Å²) in [6.07, 6.45) is 5.11. The lowest BCUT2D eigenvalue weighted by Gasteiger charge is -2.19. The maximum Gasteiger partial charge on any atom is 0.192 e. The highest BCUT2D eigenvalue weighted by molar-refractivity contribution is 5.32. The van der Waals surface area contributed by atoms with Crippen molar-refractivity contribution < 1.29 is 4.52 Å². The third kappa shape index (κ3) is 3.05. The van der Waals surface area contributed by atoms with Gasteiger partial charge in [-0.15, -0.1) is 0 Å². The van der Waals surface area contributed by atoms with E-state index in [-0.39, 0.29) is 0 Å². The maximum absolute atomic E-state index is 4.72. The first kappa shape index (κ1) is 10.0. The molecule has 0 bridgehead atoms. The van der Waals surface area contributed by atoms with Gasteiger partial charge in [0, 0.05) is 18.4 Å². The Bertz CT molecular complexity index is 211. The van der Waals surface area contributed by atoms with Gasteiger partial charge in [-0.05, 0) is 12.8 Å². The fourth-order valence-electron chi connectivity index (χ4n) is 1.26. The van der Waals surface area contributed by atoms with Crippen LogP contribution < -0.4 is 4.90 Å². The minimum absolute atomic E-state index is 0.857. The van der Waals surface area contributed by atoms with Gasteiger partial charge in [-0.25, -0.2) is 0 Å². The van der Waals surface area contributed by atoms with Crippen LogP contribution in [0, 0.1) is 0 Å². The van der Waals surface area contributed by atoms with Crippen molar-refractivity contribution in [2.45, 2.75) is 33.1 Å². The average molecular weight is 183 g/mol. The Morgan fingerprint density at radius 3 is 2.69 bits per heavy atom. The summed E-state index contributed by atoms with van der Waals surface area (Å²) in [7, 11) is 0. The molecule has 0 atom stereocenters. The Morgan fingerprint density at radius 1 is 1.31 bits per heavy atom. The van der Waals surface area contributed by atoms with Crippen molar-refractivity contribution >= 4 is 5.82 Å². The summed E-state index contributed by atoms with van der Waals surface area (Å²) in [6.45, 7) is 6.41. The first-order valence-corrected chi connectivity index (χ1v) is 4.90. The molecule has 0 fully saturated rings. The predicted molar refractivity (Wildman–Crippen MR) is 51.7 cm³/mol. The van der Waals surface area contributed by atoms with Gasteiger partial charge in [-0.1, -0.05) is 25.4 Å². The van der Waals surface area contributed by atoms with E-state index in [1.165, 1.54) is 12.8 Å². The molecule has 0 aliphatic carbocycles. The second-order valence-corrected chi connectivity index (χ2v) is 3.10. The number of aromatic nitrogens is 2. The van der Waals surface area contributed by atoms with E-state index in [0.717, 1.165) is 25.3 Å². The second-order valence-electron chi connectivity index (χ2n) is 3.10. The molecule has 0 radical (unpaired) electrons. The molecule has 1 aromatic heterocycles. The molecule has 0 saturated heterocycles. The summed E-state index contributed by atoms with van der Waals surface area (Å²) in [4.78, 5) is 2.21. The lowest BCUT2D eigenvalue weighted by Crippen LogP contribution is -2.25. The topological polar surface area (TPSA) is 42.2 Å². The standard InChI is InChI=1S/C9H17N3O/c1-3-5-7-12(6-4-2)9-8-13-11-10-9/h8H,3-7H2,1-2H3. The van der Waals surface area contributed by atoms with E-state index >= 15 is 0 Å². The van der Waals surface area contributed by atoms with Crippen LogP contribution in [0.1, 0.15) is 33.1 Å². The van der Waals surface area contributed by atoms with Crippen LogP contribution in [-0.2, 0) is 0 Å². The fraction of sp³-hybridized carbons (Fsp3) is 0.778. The largest absolute Gasteiger partial charge is 0.352 e. The molecular formula is C9H17N3O. The van der Waals surface area contributed by atoms with Crippen LogP contribution in [-0.4, -0.2) is 23.5 Å². The molecule has 0 N–H and O–H groups in total. The van der Waals surface area contributed by atoms with Crippen LogP contribution >= 0.6 is 0 Å². The third-order valence-electron chi connectivity index (χ3n) is 1.95. The molecule has 74 valence electrons. The molecular weight excluding hydrogens is 166 g/mol. The fourth-order valence-corrected chi connectivity index (χ4v) is 1.26. The van der Waals surface area contributed by atoms with Gasteiger partial charge in [0.05, 0.1) is 0 Å². The van der Waals surface area contributed by atoms with Crippen molar-refractivity contribution in [2.24, 2.45) is 0 Å². The molecule has 4 heteroatoms. The van der Waals surface area contributed by atoms with Crippen LogP contribution in [0.25, 0.3) is 0 Å². The second kappa shape index (κ2) is 5.56. The Balaban J connectivity index is 2.47. The Hall–Kier alpha value is -1.06. The van der Waals surface area contributed by atoms with Gasteiger partial charge >= 0.3 is 0 Å². The quantitative estimate of drug-likeness (QED) is 0.677. The molecule has 0 aliphatic rings. The van der Waals surface area contributed by atoms with Crippen molar-refractivity contribution in [1.82, 2.24) is 10.4 Å². The first-order chi connectivity index (χ1) is 6.38. The monoisotopic (exact) mass is 183 g/mol. The van der Waals surface area contributed by atoms with Crippen molar-refractivity contribution in [2.75, 3.05) is 18.0 Å².